The lowest BCUT2D eigenvalue weighted by Gasteiger charge is -2.24. The topological polar surface area (TPSA) is 49.8 Å². The van der Waals surface area contributed by atoms with Gasteiger partial charge in [-0.3, -0.25) is 4.90 Å². The summed E-state index contributed by atoms with van der Waals surface area (Å²) in [6, 6.07) is 6.11. The molecule has 0 saturated heterocycles. The van der Waals surface area contributed by atoms with Crippen LogP contribution < -0.4 is 4.90 Å². The van der Waals surface area contributed by atoms with E-state index in [0.29, 0.717) is 13.0 Å². The van der Waals surface area contributed by atoms with Crippen molar-refractivity contribution in [3.05, 3.63) is 29.3 Å². The van der Waals surface area contributed by atoms with Crippen LogP contribution in [0.25, 0.3) is 0 Å². The minimum Gasteiger partial charge on any atom is -0.443 e. The fraction of sp³-hybridized carbons (Fsp3) is 0.588. The number of hydrogen-bond donors (Lipinski definition) is 1. The Morgan fingerprint density at radius 3 is 2.71 bits per heavy atom. The van der Waals surface area contributed by atoms with Gasteiger partial charge in [0, 0.05) is 13.0 Å². The van der Waals surface area contributed by atoms with Gasteiger partial charge in [-0.05, 0) is 57.2 Å². The molecule has 1 N–H and O–H groups in total. The lowest BCUT2D eigenvalue weighted by atomic mass is 10.0. The molecule has 4 heteroatoms. The first-order valence-corrected chi connectivity index (χ1v) is 7.61. The summed E-state index contributed by atoms with van der Waals surface area (Å²) in [6.45, 7) is 6.29. The lowest BCUT2D eigenvalue weighted by molar-refractivity contribution is 0.0584. The van der Waals surface area contributed by atoms with Gasteiger partial charge in [-0.15, -0.1) is 0 Å². The Morgan fingerprint density at radius 1 is 1.38 bits per heavy atom. The van der Waals surface area contributed by atoms with Crippen LogP contribution in [0.2, 0.25) is 0 Å². The molecule has 1 heterocycles. The first-order chi connectivity index (χ1) is 9.76. The van der Waals surface area contributed by atoms with Crippen LogP contribution in [0.15, 0.2) is 18.2 Å². The van der Waals surface area contributed by atoms with Gasteiger partial charge >= 0.3 is 6.09 Å². The van der Waals surface area contributed by atoms with Gasteiger partial charge in [-0.1, -0.05) is 12.1 Å². The van der Waals surface area contributed by atoms with E-state index in [1.165, 1.54) is 5.56 Å². The second-order valence-electron chi connectivity index (χ2n) is 7.25. The lowest BCUT2D eigenvalue weighted by Crippen LogP contribution is -2.35. The highest BCUT2D eigenvalue weighted by molar-refractivity contribution is 5.90. The zero-order chi connectivity index (χ0) is 15.3. The molecule has 0 bridgehead atoms. The molecule has 1 aliphatic heterocycles. The van der Waals surface area contributed by atoms with Crippen molar-refractivity contribution in [1.82, 2.24) is 0 Å². The van der Waals surface area contributed by atoms with Crippen molar-refractivity contribution < 1.29 is 14.6 Å². The number of amides is 1. The first-order valence-electron chi connectivity index (χ1n) is 7.61. The standard InChI is InChI=1S/C17H23NO3/c1-16(2,3)21-15(19)18-9-6-13-10-12(4-5-14(13)18)11-17(20)7-8-17/h4-5,10,20H,6-9,11H2,1-3H3. The number of aliphatic hydroxyl groups is 1. The molecular formula is C17H23NO3. The molecule has 0 atom stereocenters. The van der Waals surface area contributed by atoms with Crippen molar-refractivity contribution in [2.75, 3.05) is 11.4 Å². The molecule has 4 nitrogen and oxygen atoms in total. The average Bonchev–Trinajstić information content (AvgIpc) is 2.93. The maximum atomic E-state index is 12.2. The predicted molar refractivity (Wildman–Crippen MR) is 81.6 cm³/mol. The summed E-state index contributed by atoms with van der Waals surface area (Å²) in [5.74, 6) is 0. The minimum atomic E-state index is -0.477. The second kappa shape index (κ2) is 4.73. The Labute approximate surface area is 125 Å². The fourth-order valence-electron chi connectivity index (χ4n) is 2.77. The third-order valence-corrected chi connectivity index (χ3v) is 4.01. The van der Waals surface area contributed by atoms with E-state index >= 15 is 0 Å². The molecule has 0 spiro atoms. The molecule has 21 heavy (non-hydrogen) atoms. The maximum Gasteiger partial charge on any atom is 0.414 e. The Kier molecular flexibility index (Phi) is 3.24. The summed E-state index contributed by atoms with van der Waals surface area (Å²) < 4.78 is 5.45. The van der Waals surface area contributed by atoms with E-state index in [9.17, 15) is 9.90 Å². The van der Waals surface area contributed by atoms with Gasteiger partial charge in [0.25, 0.3) is 0 Å². The van der Waals surface area contributed by atoms with E-state index in [0.717, 1.165) is 30.5 Å². The predicted octanol–water partition coefficient (Wildman–Crippen LogP) is 3.05. The van der Waals surface area contributed by atoms with Crippen molar-refractivity contribution in [1.29, 1.82) is 0 Å². The number of fused-ring (bicyclic) bond motifs is 1. The third kappa shape index (κ3) is 3.21. The largest absolute Gasteiger partial charge is 0.443 e. The van der Waals surface area contributed by atoms with Crippen molar-refractivity contribution in [3.63, 3.8) is 0 Å². The van der Waals surface area contributed by atoms with Gasteiger partial charge in [-0.25, -0.2) is 4.79 Å². The van der Waals surface area contributed by atoms with E-state index in [2.05, 4.69) is 6.07 Å². The summed E-state index contributed by atoms with van der Waals surface area (Å²) >= 11 is 0. The van der Waals surface area contributed by atoms with E-state index in [1.807, 2.05) is 32.9 Å². The van der Waals surface area contributed by atoms with Crippen molar-refractivity contribution in [3.8, 4) is 0 Å². The Hall–Kier alpha value is -1.55. The Bertz CT molecular complexity index is 570. The molecule has 1 aromatic rings. The highest BCUT2D eigenvalue weighted by atomic mass is 16.6. The zero-order valence-corrected chi connectivity index (χ0v) is 13.0. The van der Waals surface area contributed by atoms with Gasteiger partial charge in [-0.2, -0.15) is 0 Å². The number of nitrogens with zero attached hydrogens (tertiary/aromatic N) is 1. The van der Waals surface area contributed by atoms with E-state index in [4.69, 9.17) is 4.74 Å². The van der Waals surface area contributed by atoms with Crippen LogP contribution in [-0.4, -0.2) is 28.9 Å². The zero-order valence-electron chi connectivity index (χ0n) is 13.0. The summed E-state index contributed by atoms with van der Waals surface area (Å²) in [6.07, 6.45) is 3.07. The number of carbonyl (C=O) groups excluding carboxylic acids is 1. The maximum absolute atomic E-state index is 12.2. The van der Waals surface area contributed by atoms with Crippen LogP contribution in [-0.2, 0) is 17.6 Å². The van der Waals surface area contributed by atoms with Crippen LogP contribution in [0.4, 0.5) is 10.5 Å². The number of hydrogen-bond acceptors (Lipinski definition) is 3. The number of anilines is 1. The number of carbonyl (C=O) groups is 1. The average molecular weight is 289 g/mol. The van der Waals surface area contributed by atoms with Gasteiger partial charge in [0.1, 0.15) is 5.60 Å². The van der Waals surface area contributed by atoms with Gasteiger partial charge < -0.3 is 9.84 Å². The first kappa shape index (κ1) is 14.4. The minimum absolute atomic E-state index is 0.283. The summed E-state index contributed by atoms with van der Waals surface area (Å²) in [4.78, 5) is 13.9. The van der Waals surface area contributed by atoms with Gasteiger partial charge in [0.2, 0.25) is 0 Å². The molecule has 1 aromatic carbocycles. The molecule has 0 radical (unpaired) electrons. The molecular weight excluding hydrogens is 266 g/mol. The highest BCUT2D eigenvalue weighted by Gasteiger charge is 2.40. The van der Waals surface area contributed by atoms with E-state index in [1.54, 1.807) is 4.90 Å². The van der Waals surface area contributed by atoms with Gasteiger partial charge in [0.05, 0.1) is 11.3 Å². The van der Waals surface area contributed by atoms with Crippen LogP contribution in [0.3, 0.4) is 0 Å². The normalized spacial score (nSPS) is 19.3. The number of ether oxygens (including phenoxy) is 1. The highest BCUT2D eigenvalue weighted by Crippen LogP contribution is 2.39. The quantitative estimate of drug-likeness (QED) is 0.910. The second-order valence-corrected chi connectivity index (χ2v) is 7.25. The summed E-state index contributed by atoms with van der Waals surface area (Å²) in [5.41, 5.74) is 2.31. The molecule has 1 amide bonds. The molecule has 0 unspecified atom stereocenters. The molecule has 3 rings (SSSR count). The van der Waals surface area contributed by atoms with Crippen molar-refractivity contribution >= 4 is 11.8 Å². The summed E-state index contributed by atoms with van der Waals surface area (Å²) in [5, 5.41) is 10.0. The molecule has 1 fully saturated rings. The third-order valence-electron chi connectivity index (χ3n) is 4.01. The smallest absolute Gasteiger partial charge is 0.414 e. The van der Waals surface area contributed by atoms with Crippen LogP contribution in [0.1, 0.15) is 44.7 Å². The monoisotopic (exact) mass is 289 g/mol. The van der Waals surface area contributed by atoms with Crippen LogP contribution in [0.5, 0.6) is 0 Å². The van der Waals surface area contributed by atoms with E-state index in [-0.39, 0.29) is 6.09 Å². The molecule has 2 aliphatic rings. The Morgan fingerprint density at radius 2 is 2.10 bits per heavy atom. The number of benzene rings is 1. The van der Waals surface area contributed by atoms with Crippen molar-refractivity contribution in [2.45, 2.75) is 57.7 Å². The number of rotatable bonds is 2. The van der Waals surface area contributed by atoms with Crippen LogP contribution in [0, 0.1) is 0 Å². The van der Waals surface area contributed by atoms with Crippen LogP contribution >= 0.6 is 0 Å². The van der Waals surface area contributed by atoms with E-state index < -0.39 is 11.2 Å². The molecule has 114 valence electrons. The molecule has 1 saturated carbocycles. The van der Waals surface area contributed by atoms with Gasteiger partial charge in [0.15, 0.2) is 0 Å². The molecule has 1 aliphatic carbocycles. The molecule has 0 aromatic heterocycles. The summed E-state index contributed by atoms with van der Waals surface area (Å²) in [7, 11) is 0. The van der Waals surface area contributed by atoms with Crippen molar-refractivity contribution in [2.24, 2.45) is 0 Å². The Balaban J connectivity index is 1.75. The fourth-order valence-corrected chi connectivity index (χ4v) is 2.77. The SMILES string of the molecule is CC(C)(C)OC(=O)N1CCc2cc(CC3(O)CC3)ccc21.